The van der Waals surface area contributed by atoms with Gasteiger partial charge in [0.05, 0.1) is 10.7 Å². The van der Waals surface area contributed by atoms with Crippen LogP contribution in [0.25, 0.3) is 0 Å². The Morgan fingerprint density at radius 2 is 1.47 bits per heavy atom. The number of hydrogen-bond donors (Lipinski definition) is 1. The van der Waals surface area contributed by atoms with Crippen LogP contribution in [-0.4, -0.2) is 38.9 Å². The number of benzene rings is 1. The van der Waals surface area contributed by atoms with E-state index in [-0.39, 0.29) is 40.4 Å². The molecule has 1 aromatic carbocycles. The van der Waals surface area contributed by atoms with Crippen molar-refractivity contribution in [2.24, 2.45) is 0 Å². The van der Waals surface area contributed by atoms with Crippen LogP contribution in [0.2, 0.25) is 15.6 Å². The van der Waals surface area contributed by atoms with Gasteiger partial charge in [-0.1, -0.05) is 23.7 Å². The third-order valence-electron chi connectivity index (χ3n) is 1.70. The Balaban J connectivity index is 0.00000144. The van der Waals surface area contributed by atoms with Gasteiger partial charge >= 0.3 is 23.9 Å². The Morgan fingerprint density at radius 3 is 2.06 bits per heavy atom. The molecule has 0 aliphatic rings. The predicted octanol–water partition coefficient (Wildman–Crippen LogP) is 2.12. The molecule has 0 saturated heterocycles. The molecular weight excluding hydrogens is 389 g/mol. The second-order valence-corrected chi connectivity index (χ2v) is 3.89. The zero-order valence-corrected chi connectivity index (χ0v) is 10.1. The van der Waals surface area contributed by atoms with Gasteiger partial charge in [-0.3, -0.25) is 0 Å². The molecule has 0 unspecified atom stereocenters. The number of aromatic nitrogens is 3. The van der Waals surface area contributed by atoms with Crippen LogP contribution < -0.4 is 5.32 Å². The number of anilines is 2. The summed E-state index contributed by atoms with van der Waals surface area (Å²) in [5, 5.41) is 3.49. The van der Waals surface area contributed by atoms with Crippen LogP contribution in [0.5, 0.6) is 0 Å². The Bertz CT molecular complexity index is 503. The zero-order chi connectivity index (χ0) is 11.5. The number of halogens is 3. The van der Waals surface area contributed by atoms with E-state index >= 15 is 0 Å². The molecule has 1 N–H and O–H groups in total. The first kappa shape index (κ1) is 14.8. The molecule has 0 spiro atoms. The van der Waals surface area contributed by atoms with Crippen LogP contribution in [0.3, 0.4) is 0 Å². The Kier molecular flexibility index (Phi) is 5.71. The van der Waals surface area contributed by atoms with Crippen molar-refractivity contribution in [1.82, 2.24) is 15.0 Å². The maximum absolute atomic E-state index is 5.95. The molecule has 1 heterocycles. The SMILES string of the molecule is Clc1nc(Cl)nc(Nc2ccccc2Cl)n1.[SnH4]. The summed E-state index contributed by atoms with van der Waals surface area (Å²) >= 11 is 17.2. The van der Waals surface area contributed by atoms with Gasteiger partial charge in [-0.15, -0.1) is 0 Å². The van der Waals surface area contributed by atoms with Crippen LogP contribution in [0.4, 0.5) is 11.6 Å². The van der Waals surface area contributed by atoms with Gasteiger partial charge in [0.1, 0.15) is 0 Å². The molecule has 1 aromatic heterocycles. The van der Waals surface area contributed by atoms with Crippen molar-refractivity contribution in [1.29, 1.82) is 0 Å². The third kappa shape index (κ3) is 4.13. The molecule has 0 amide bonds. The van der Waals surface area contributed by atoms with Crippen LogP contribution in [0.15, 0.2) is 24.3 Å². The summed E-state index contributed by atoms with van der Waals surface area (Å²) in [6, 6.07) is 7.18. The van der Waals surface area contributed by atoms with Crippen molar-refractivity contribution < 1.29 is 0 Å². The predicted molar refractivity (Wildman–Crippen MR) is 75.9 cm³/mol. The molecule has 90 valence electrons. The summed E-state index contributed by atoms with van der Waals surface area (Å²) in [7, 11) is 0. The quantitative estimate of drug-likeness (QED) is 0.788. The van der Waals surface area contributed by atoms with E-state index in [0.717, 1.165) is 0 Å². The van der Waals surface area contributed by atoms with E-state index in [4.69, 9.17) is 34.8 Å². The van der Waals surface area contributed by atoms with Crippen LogP contribution in [0, 0.1) is 0 Å². The molecular formula is C9H9Cl3N4Sn. The van der Waals surface area contributed by atoms with E-state index in [1.807, 2.05) is 12.1 Å². The Labute approximate surface area is 130 Å². The van der Waals surface area contributed by atoms with Gasteiger partial charge in [-0.05, 0) is 35.3 Å². The summed E-state index contributed by atoms with van der Waals surface area (Å²) in [4.78, 5) is 11.4. The monoisotopic (exact) mass is 398 g/mol. The summed E-state index contributed by atoms with van der Waals surface area (Å²) in [5.74, 6) is 0.248. The summed E-state index contributed by atoms with van der Waals surface area (Å²) in [6.45, 7) is 0. The van der Waals surface area contributed by atoms with Crippen molar-refractivity contribution in [2.45, 2.75) is 0 Å². The summed E-state index contributed by atoms with van der Waals surface area (Å²) in [6.07, 6.45) is 0. The number of nitrogens with zero attached hydrogens (tertiary/aromatic N) is 3. The van der Waals surface area contributed by atoms with Gasteiger partial charge < -0.3 is 5.32 Å². The molecule has 2 aromatic rings. The second-order valence-electron chi connectivity index (χ2n) is 2.80. The van der Waals surface area contributed by atoms with Crippen molar-refractivity contribution in [3.63, 3.8) is 0 Å². The van der Waals surface area contributed by atoms with Crippen molar-refractivity contribution in [3.05, 3.63) is 39.9 Å². The molecule has 8 heteroatoms. The van der Waals surface area contributed by atoms with E-state index in [1.54, 1.807) is 12.1 Å². The number of rotatable bonds is 2. The van der Waals surface area contributed by atoms with Crippen LogP contribution >= 0.6 is 34.8 Å². The molecule has 0 aliphatic heterocycles. The molecule has 2 rings (SSSR count). The Hall–Kier alpha value is -0.301. The van der Waals surface area contributed by atoms with Crippen LogP contribution in [-0.2, 0) is 0 Å². The molecule has 0 saturated carbocycles. The molecule has 4 nitrogen and oxygen atoms in total. The maximum atomic E-state index is 5.95. The van der Waals surface area contributed by atoms with Gasteiger partial charge in [0.25, 0.3) is 0 Å². The number of nitrogens with one attached hydrogen (secondary N) is 1. The number of para-hydroxylation sites is 1. The first-order valence-corrected chi connectivity index (χ1v) is 5.37. The summed E-state index contributed by atoms with van der Waals surface area (Å²) in [5.41, 5.74) is 0.669. The van der Waals surface area contributed by atoms with E-state index in [9.17, 15) is 0 Å². The van der Waals surface area contributed by atoms with Crippen molar-refractivity contribution in [2.75, 3.05) is 5.32 Å². The van der Waals surface area contributed by atoms with Crippen molar-refractivity contribution >= 4 is 70.3 Å². The van der Waals surface area contributed by atoms with Gasteiger partial charge in [0, 0.05) is 0 Å². The second kappa shape index (κ2) is 6.58. The standard InChI is InChI=1S/C9H5Cl3N4.Sn.4H/c10-5-3-1-2-4-6(5)13-9-15-7(11)14-8(12)16-9;;;;;/h1-4H,(H,13,14,15,16);;;;;. The third-order valence-corrected chi connectivity index (χ3v) is 2.37. The first-order chi connectivity index (χ1) is 7.65. The van der Waals surface area contributed by atoms with Gasteiger partial charge in [0.2, 0.25) is 16.5 Å². The molecule has 0 atom stereocenters. The Morgan fingerprint density at radius 1 is 0.882 bits per heavy atom. The topological polar surface area (TPSA) is 50.7 Å². The molecule has 0 radical (unpaired) electrons. The molecule has 17 heavy (non-hydrogen) atoms. The van der Waals surface area contributed by atoms with Gasteiger partial charge in [0.15, 0.2) is 0 Å². The van der Waals surface area contributed by atoms with Crippen LogP contribution in [0.1, 0.15) is 0 Å². The molecule has 0 bridgehead atoms. The fraction of sp³-hybridized carbons (Fsp3) is 0. The first-order valence-electron chi connectivity index (χ1n) is 4.24. The van der Waals surface area contributed by atoms with Gasteiger partial charge in [-0.25, -0.2) is 0 Å². The van der Waals surface area contributed by atoms with E-state index in [2.05, 4.69) is 20.3 Å². The number of hydrogen-bond acceptors (Lipinski definition) is 4. The fourth-order valence-electron chi connectivity index (χ4n) is 1.06. The van der Waals surface area contributed by atoms with E-state index < -0.39 is 0 Å². The average molecular weight is 398 g/mol. The normalized spacial score (nSPS) is 9.59. The summed E-state index contributed by atoms with van der Waals surface area (Å²) < 4.78 is 0. The molecule has 0 aliphatic carbocycles. The van der Waals surface area contributed by atoms with E-state index in [0.29, 0.717) is 10.7 Å². The zero-order valence-electron chi connectivity index (χ0n) is 7.78. The minimum atomic E-state index is 0. The van der Waals surface area contributed by atoms with E-state index in [1.165, 1.54) is 0 Å². The minimum absolute atomic E-state index is 0. The fourth-order valence-corrected chi connectivity index (χ4v) is 1.61. The van der Waals surface area contributed by atoms with Gasteiger partial charge in [-0.2, -0.15) is 15.0 Å². The molecule has 0 fully saturated rings. The average Bonchev–Trinajstić information content (AvgIpc) is 2.20. The van der Waals surface area contributed by atoms with Crippen molar-refractivity contribution in [3.8, 4) is 0 Å².